The minimum Gasteiger partial charge on any atom is -0.468 e. The summed E-state index contributed by atoms with van der Waals surface area (Å²) in [5, 5.41) is 2.65. The Balaban J connectivity index is 2.53. The number of carbonyl (C=O) groups is 2. The number of halogens is 1. The molecule has 0 fully saturated rings. The second kappa shape index (κ2) is 6.53. The third kappa shape index (κ3) is 4.29. The minimum absolute atomic E-state index is 0.236. The Labute approximate surface area is 113 Å². The van der Waals surface area contributed by atoms with Gasteiger partial charge in [-0.25, -0.2) is 0 Å². The van der Waals surface area contributed by atoms with Crippen molar-refractivity contribution in [3.63, 3.8) is 0 Å². The van der Waals surface area contributed by atoms with Crippen LogP contribution in [-0.2, 0) is 9.53 Å². The van der Waals surface area contributed by atoms with E-state index in [0.717, 1.165) is 5.56 Å². The second-order valence-electron chi connectivity index (χ2n) is 3.45. The van der Waals surface area contributed by atoms with E-state index in [1.807, 2.05) is 29.5 Å². The lowest BCUT2D eigenvalue weighted by Crippen LogP contribution is -2.33. The van der Waals surface area contributed by atoms with Crippen molar-refractivity contribution in [1.82, 2.24) is 10.3 Å². The van der Waals surface area contributed by atoms with E-state index in [2.05, 4.69) is 15.0 Å². The summed E-state index contributed by atoms with van der Waals surface area (Å²) in [5.41, 5.74) is 1.40. The average molecular weight is 348 g/mol. The molecule has 17 heavy (non-hydrogen) atoms. The van der Waals surface area contributed by atoms with E-state index in [9.17, 15) is 9.59 Å². The Morgan fingerprint density at radius 3 is 2.82 bits per heavy atom. The molecule has 1 amide bonds. The highest BCUT2D eigenvalue weighted by Gasteiger charge is 2.16. The lowest BCUT2D eigenvalue weighted by molar-refractivity contribution is -0.139. The first-order valence-corrected chi connectivity index (χ1v) is 6.21. The number of pyridine rings is 1. The average Bonchev–Trinajstić information content (AvgIpc) is 2.34. The zero-order valence-corrected chi connectivity index (χ0v) is 11.7. The summed E-state index contributed by atoms with van der Waals surface area (Å²) in [7, 11) is 1.32. The van der Waals surface area contributed by atoms with E-state index in [4.69, 9.17) is 0 Å². The maximum atomic E-state index is 11.7. The SMILES string of the molecule is COC(=O)C(I)CNC(=O)c1cncc(C)c1. The van der Waals surface area contributed by atoms with Crippen LogP contribution >= 0.6 is 22.6 Å². The molecule has 0 radical (unpaired) electrons. The van der Waals surface area contributed by atoms with Gasteiger partial charge in [0.1, 0.15) is 3.92 Å². The van der Waals surface area contributed by atoms with E-state index in [-0.39, 0.29) is 22.3 Å². The second-order valence-corrected chi connectivity index (χ2v) is 4.96. The number of hydrogen-bond donors (Lipinski definition) is 1. The minimum atomic E-state index is -0.390. The first kappa shape index (κ1) is 13.9. The Hall–Kier alpha value is -1.18. The van der Waals surface area contributed by atoms with E-state index >= 15 is 0 Å². The fourth-order valence-electron chi connectivity index (χ4n) is 1.17. The monoisotopic (exact) mass is 348 g/mol. The number of nitrogens with one attached hydrogen (secondary N) is 1. The number of rotatable bonds is 4. The van der Waals surface area contributed by atoms with Crippen molar-refractivity contribution in [3.8, 4) is 0 Å². The van der Waals surface area contributed by atoms with E-state index in [0.29, 0.717) is 5.56 Å². The van der Waals surface area contributed by atoms with Gasteiger partial charge in [-0.15, -0.1) is 0 Å². The standard InChI is InChI=1S/C11H13IN2O3/c1-7-3-8(5-13-4-7)10(15)14-6-9(12)11(16)17-2/h3-5,9H,6H2,1-2H3,(H,14,15). The fourth-order valence-corrected chi connectivity index (χ4v) is 1.65. The predicted molar refractivity (Wildman–Crippen MR) is 71.1 cm³/mol. The topological polar surface area (TPSA) is 68.3 Å². The lowest BCUT2D eigenvalue weighted by atomic mass is 10.2. The first-order chi connectivity index (χ1) is 8.04. The van der Waals surface area contributed by atoms with Crippen molar-refractivity contribution in [2.24, 2.45) is 0 Å². The summed E-state index contributed by atoms with van der Waals surface area (Å²) in [6, 6.07) is 1.74. The van der Waals surface area contributed by atoms with Crippen LogP contribution in [0.15, 0.2) is 18.5 Å². The fraction of sp³-hybridized carbons (Fsp3) is 0.364. The molecule has 0 aliphatic rings. The van der Waals surface area contributed by atoms with Gasteiger partial charge in [-0.05, 0) is 18.6 Å². The summed E-state index contributed by atoms with van der Waals surface area (Å²) < 4.78 is 4.17. The van der Waals surface area contributed by atoms with E-state index in [1.54, 1.807) is 12.3 Å². The van der Waals surface area contributed by atoms with Crippen LogP contribution in [0.5, 0.6) is 0 Å². The molecule has 1 unspecified atom stereocenters. The van der Waals surface area contributed by atoms with Crippen molar-refractivity contribution in [2.45, 2.75) is 10.8 Å². The van der Waals surface area contributed by atoms with Crippen molar-refractivity contribution in [3.05, 3.63) is 29.6 Å². The van der Waals surface area contributed by atoms with Gasteiger partial charge in [-0.2, -0.15) is 0 Å². The van der Waals surface area contributed by atoms with Gasteiger partial charge in [-0.1, -0.05) is 22.6 Å². The number of alkyl halides is 1. The molecule has 6 heteroatoms. The van der Waals surface area contributed by atoms with Gasteiger partial charge in [0.25, 0.3) is 5.91 Å². The Kier molecular flexibility index (Phi) is 5.33. The Bertz CT molecular complexity index is 423. The van der Waals surface area contributed by atoms with Gasteiger partial charge in [0.15, 0.2) is 0 Å². The molecule has 1 heterocycles. The van der Waals surface area contributed by atoms with Crippen molar-refractivity contribution >= 4 is 34.5 Å². The molecule has 1 aromatic heterocycles. The molecule has 0 aromatic carbocycles. The maximum Gasteiger partial charge on any atom is 0.320 e. The zero-order chi connectivity index (χ0) is 12.8. The molecule has 0 saturated carbocycles. The number of methoxy groups -OCH3 is 1. The number of hydrogen-bond acceptors (Lipinski definition) is 4. The summed E-state index contributed by atoms with van der Waals surface area (Å²) in [5.74, 6) is -0.597. The van der Waals surface area contributed by atoms with Crippen LogP contribution in [-0.4, -0.2) is 34.4 Å². The van der Waals surface area contributed by atoms with E-state index in [1.165, 1.54) is 13.3 Å². The lowest BCUT2D eigenvalue weighted by Gasteiger charge is -2.09. The molecule has 5 nitrogen and oxygen atoms in total. The van der Waals surface area contributed by atoms with Crippen LogP contribution in [0.4, 0.5) is 0 Å². The highest BCUT2D eigenvalue weighted by molar-refractivity contribution is 14.1. The number of aryl methyl sites for hydroxylation is 1. The van der Waals surface area contributed by atoms with Crippen molar-refractivity contribution in [2.75, 3.05) is 13.7 Å². The van der Waals surface area contributed by atoms with Crippen LogP contribution in [0.25, 0.3) is 0 Å². The molecule has 0 aliphatic carbocycles. The van der Waals surface area contributed by atoms with Gasteiger partial charge in [-0.3, -0.25) is 14.6 Å². The smallest absolute Gasteiger partial charge is 0.320 e. The number of esters is 1. The molecule has 1 rings (SSSR count). The quantitative estimate of drug-likeness (QED) is 0.503. The molecule has 0 bridgehead atoms. The normalized spacial score (nSPS) is 11.7. The molecule has 1 atom stereocenters. The van der Waals surface area contributed by atoms with Gasteiger partial charge in [0, 0.05) is 18.9 Å². The first-order valence-electron chi connectivity index (χ1n) is 4.96. The molecule has 0 saturated heterocycles. The van der Waals surface area contributed by atoms with Gasteiger partial charge < -0.3 is 10.1 Å². The molecule has 1 aromatic rings. The van der Waals surface area contributed by atoms with Crippen LogP contribution in [0.3, 0.4) is 0 Å². The Morgan fingerprint density at radius 1 is 1.53 bits per heavy atom. The van der Waals surface area contributed by atoms with Crippen LogP contribution in [0, 0.1) is 6.92 Å². The van der Waals surface area contributed by atoms with E-state index < -0.39 is 0 Å². The number of nitrogens with zero attached hydrogens (tertiary/aromatic N) is 1. The largest absolute Gasteiger partial charge is 0.468 e. The number of ether oxygens (including phenoxy) is 1. The zero-order valence-electron chi connectivity index (χ0n) is 9.57. The van der Waals surface area contributed by atoms with Crippen LogP contribution < -0.4 is 5.32 Å². The van der Waals surface area contributed by atoms with Crippen molar-refractivity contribution < 1.29 is 14.3 Å². The van der Waals surface area contributed by atoms with Gasteiger partial charge >= 0.3 is 5.97 Å². The summed E-state index contributed by atoms with van der Waals surface area (Å²) in [6.45, 7) is 2.10. The summed E-state index contributed by atoms with van der Waals surface area (Å²) in [6.07, 6.45) is 3.16. The molecular formula is C11H13IN2O3. The van der Waals surface area contributed by atoms with Crippen LogP contribution in [0.1, 0.15) is 15.9 Å². The van der Waals surface area contributed by atoms with Gasteiger partial charge in [0.2, 0.25) is 0 Å². The molecule has 0 spiro atoms. The third-order valence-electron chi connectivity index (χ3n) is 2.04. The highest BCUT2D eigenvalue weighted by Crippen LogP contribution is 2.03. The molecular weight excluding hydrogens is 335 g/mol. The highest BCUT2D eigenvalue weighted by atomic mass is 127. The molecule has 0 aliphatic heterocycles. The third-order valence-corrected chi connectivity index (χ3v) is 2.98. The molecule has 1 N–H and O–H groups in total. The predicted octanol–water partition coefficient (Wildman–Crippen LogP) is 1.10. The number of carbonyl (C=O) groups excluding carboxylic acids is 2. The van der Waals surface area contributed by atoms with Gasteiger partial charge in [0.05, 0.1) is 12.7 Å². The van der Waals surface area contributed by atoms with Crippen LogP contribution in [0.2, 0.25) is 0 Å². The maximum absolute atomic E-state index is 11.7. The number of aromatic nitrogens is 1. The van der Waals surface area contributed by atoms with Crippen molar-refractivity contribution in [1.29, 1.82) is 0 Å². The number of amides is 1. The summed E-state index contributed by atoms with van der Waals surface area (Å²) >= 11 is 1.92. The summed E-state index contributed by atoms with van der Waals surface area (Å²) in [4.78, 5) is 26.8. The Morgan fingerprint density at radius 2 is 2.24 bits per heavy atom. The molecule has 92 valence electrons.